The van der Waals surface area contributed by atoms with Crippen LogP contribution in [0.15, 0.2) is 16.8 Å². The van der Waals surface area contributed by atoms with Gasteiger partial charge in [0.15, 0.2) is 5.76 Å². The van der Waals surface area contributed by atoms with Crippen LogP contribution in [-0.4, -0.2) is 47.7 Å². The number of carbonyl (C=O) groups is 1. The number of nitrogens with zero attached hydrogens (tertiary/aromatic N) is 2. The summed E-state index contributed by atoms with van der Waals surface area (Å²) in [4.78, 5) is 14.4. The number of amides is 1. The topological polar surface area (TPSA) is 70.4 Å². The van der Waals surface area contributed by atoms with Gasteiger partial charge in [-0.3, -0.25) is 9.69 Å². The first-order valence-corrected chi connectivity index (χ1v) is 6.24. The van der Waals surface area contributed by atoms with Crippen molar-refractivity contribution in [2.24, 2.45) is 0 Å². The molecule has 0 bridgehead atoms. The number of nitrogens with one attached hydrogen (secondary N) is 2. The average molecular weight is 252 g/mol. The summed E-state index contributed by atoms with van der Waals surface area (Å²) < 4.78 is 4.95. The SMILES string of the molecule is CC(C)(C(=O)NCc1ccno1)N1CCNCC1. The molecule has 1 aromatic rings. The van der Waals surface area contributed by atoms with Gasteiger partial charge in [-0.25, -0.2) is 0 Å². The predicted octanol–water partition coefficient (Wildman–Crippen LogP) is -0.0254. The van der Waals surface area contributed by atoms with E-state index in [1.165, 1.54) is 0 Å². The summed E-state index contributed by atoms with van der Waals surface area (Å²) in [6.45, 7) is 7.93. The molecule has 1 aromatic heterocycles. The number of carbonyl (C=O) groups excluding carboxylic acids is 1. The molecule has 2 rings (SSSR count). The smallest absolute Gasteiger partial charge is 0.240 e. The molecule has 18 heavy (non-hydrogen) atoms. The van der Waals surface area contributed by atoms with Crippen molar-refractivity contribution in [2.75, 3.05) is 26.2 Å². The van der Waals surface area contributed by atoms with E-state index in [0.29, 0.717) is 12.3 Å². The lowest BCUT2D eigenvalue weighted by molar-refractivity contribution is -0.132. The third-order valence-corrected chi connectivity index (χ3v) is 3.38. The molecule has 1 aliphatic heterocycles. The van der Waals surface area contributed by atoms with Crippen molar-refractivity contribution in [3.05, 3.63) is 18.0 Å². The second kappa shape index (κ2) is 5.49. The Morgan fingerprint density at radius 3 is 2.89 bits per heavy atom. The van der Waals surface area contributed by atoms with Crippen molar-refractivity contribution in [2.45, 2.75) is 25.9 Å². The number of piperazine rings is 1. The van der Waals surface area contributed by atoms with E-state index in [2.05, 4.69) is 20.7 Å². The van der Waals surface area contributed by atoms with E-state index >= 15 is 0 Å². The van der Waals surface area contributed by atoms with E-state index in [0.717, 1.165) is 26.2 Å². The second-order valence-corrected chi connectivity index (χ2v) is 4.96. The van der Waals surface area contributed by atoms with Crippen LogP contribution in [0.3, 0.4) is 0 Å². The Hall–Kier alpha value is -1.40. The van der Waals surface area contributed by atoms with Gasteiger partial charge in [-0.1, -0.05) is 5.16 Å². The molecule has 0 unspecified atom stereocenters. The molecule has 0 aromatic carbocycles. The van der Waals surface area contributed by atoms with Gasteiger partial charge in [-0.05, 0) is 13.8 Å². The zero-order chi connectivity index (χ0) is 13.0. The summed E-state index contributed by atoms with van der Waals surface area (Å²) in [6.07, 6.45) is 1.57. The molecular weight excluding hydrogens is 232 g/mol. The van der Waals surface area contributed by atoms with Crippen molar-refractivity contribution in [3.63, 3.8) is 0 Å². The normalized spacial score (nSPS) is 17.7. The highest BCUT2D eigenvalue weighted by atomic mass is 16.5. The molecule has 0 atom stereocenters. The Bertz CT molecular complexity index is 383. The minimum Gasteiger partial charge on any atom is -0.360 e. The van der Waals surface area contributed by atoms with Gasteiger partial charge in [0.2, 0.25) is 5.91 Å². The average Bonchev–Trinajstić information content (AvgIpc) is 2.90. The Labute approximate surface area is 107 Å². The summed E-state index contributed by atoms with van der Waals surface area (Å²) in [7, 11) is 0. The standard InChI is InChI=1S/C12H20N4O2/c1-12(2,16-7-5-13-6-8-16)11(17)14-9-10-3-4-15-18-10/h3-4,13H,5-9H2,1-2H3,(H,14,17). The molecule has 0 radical (unpaired) electrons. The maximum absolute atomic E-state index is 12.2. The summed E-state index contributed by atoms with van der Waals surface area (Å²) in [5, 5.41) is 9.78. The fourth-order valence-electron chi connectivity index (χ4n) is 2.08. The molecule has 2 heterocycles. The number of aromatic nitrogens is 1. The first-order chi connectivity index (χ1) is 8.60. The van der Waals surface area contributed by atoms with E-state index < -0.39 is 5.54 Å². The van der Waals surface area contributed by atoms with Crippen LogP contribution >= 0.6 is 0 Å². The molecule has 0 aliphatic carbocycles. The van der Waals surface area contributed by atoms with Crippen LogP contribution in [0, 0.1) is 0 Å². The Kier molecular flexibility index (Phi) is 3.98. The van der Waals surface area contributed by atoms with E-state index in [4.69, 9.17) is 4.52 Å². The summed E-state index contributed by atoms with van der Waals surface area (Å²) >= 11 is 0. The monoisotopic (exact) mass is 252 g/mol. The minimum absolute atomic E-state index is 0.0146. The van der Waals surface area contributed by atoms with Crippen molar-refractivity contribution < 1.29 is 9.32 Å². The van der Waals surface area contributed by atoms with Crippen LogP contribution in [0.5, 0.6) is 0 Å². The third kappa shape index (κ3) is 2.88. The first-order valence-electron chi connectivity index (χ1n) is 6.24. The molecule has 1 fully saturated rings. The molecule has 1 saturated heterocycles. The highest BCUT2D eigenvalue weighted by Crippen LogP contribution is 2.15. The van der Waals surface area contributed by atoms with Crippen LogP contribution in [0.1, 0.15) is 19.6 Å². The lowest BCUT2D eigenvalue weighted by Crippen LogP contribution is -2.59. The third-order valence-electron chi connectivity index (χ3n) is 3.38. The van der Waals surface area contributed by atoms with Gasteiger partial charge in [0.05, 0.1) is 18.3 Å². The van der Waals surface area contributed by atoms with Crippen molar-refractivity contribution in [1.29, 1.82) is 0 Å². The Morgan fingerprint density at radius 1 is 1.56 bits per heavy atom. The molecular formula is C12H20N4O2. The second-order valence-electron chi connectivity index (χ2n) is 4.96. The zero-order valence-electron chi connectivity index (χ0n) is 10.9. The van der Waals surface area contributed by atoms with E-state index in [-0.39, 0.29) is 5.91 Å². The van der Waals surface area contributed by atoms with Gasteiger partial charge < -0.3 is 15.2 Å². The Balaban J connectivity index is 1.89. The van der Waals surface area contributed by atoms with Crippen molar-refractivity contribution in [1.82, 2.24) is 20.7 Å². The molecule has 2 N–H and O–H groups in total. The van der Waals surface area contributed by atoms with E-state index in [1.807, 2.05) is 13.8 Å². The molecule has 1 aliphatic rings. The fourth-order valence-corrected chi connectivity index (χ4v) is 2.08. The first kappa shape index (κ1) is 13.0. The number of hydrogen-bond acceptors (Lipinski definition) is 5. The van der Waals surface area contributed by atoms with Crippen LogP contribution in [0.4, 0.5) is 0 Å². The van der Waals surface area contributed by atoms with Crippen LogP contribution in [0.25, 0.3) is 0 Å². The zero-order valence-corrected chi connectivity index (χ0v) is 10.9. The fraction of sp³-hybridized carbons (Fsp3) is 0.667. The summed E-state index contributed by atoms with van der Waals surface area (Å²) in [5.41, 5.74) is -0.498. The molecule has 0 saturated carbocycles. The van der Waals surface area contributed by atoms with Gasteiger partial charge in [-0.2, -0.15) is 0 Å². The Morgan fingerprint density at radius 2 is 2.28 bits per heavy atom. The van der Waals surface area contributed by atoms with Gasteiger partial charge in [0, 0.05) is 32.2 Å². The minimum atomic E-state index is -0.498. The highest BCUT2D eigenvalue weighted by molar-refractivity contribution is 5.85. The van der Waals surface area contributed by atoms with Crippen LogP contribution < -0.4 is 10.6 Å². The molecule has 6 nitrogen and oxygen atoms in total. The molecule has 0 spiro atoms. The van der Waals surface area contributed by atoms with Crippen LogP contribution in [0.2, 0.25) is 0 Å². The largest absolute Gasteiger partial charge is 0.360 e. The molecule has 100 valence electrons. The quantitative estimate of drug-likeness (QED) is 0.788. The van der Waals surface area contributed by atoms with Gasteiger partial charge in [0.25, 0.3) is 0 Å². The number of hydrogen-bond donors (Lipinski definition) is 2. The van der Waals surface area contributed by atoms with Crippen molar-refractivity contribution in [3.8, 4) is 0 Å². The molecule has 1 amide bonds. The van der Waals surface area contributed by atoms with E-state index in [1.54, 1.807) is 12.3 Å². The van der Waals surface area contributed by atoms with Gasteiger partial charge in [-0.15, -0.1) is 0 Å². The lowest BCUT2D eigenvalue weighted by atomic mass is 10.0. The number of rotatable bonds is 4. The van der Waals surface area contributed by atoms with Crippen molar-refractivity contribution >= 4 is 5.91 Å². The maximum Gasteiger partial charge on any atom is 0.240 e. The van der Waals surface area contributed by atoms with Crippen LogP contribution in [-0.2, 0) is 11.3 Å². The van der Waals surface area contributed by atoms with Gasteiger partial charge >= 0.3 is 0 Å². The lowest BCUT2D eigenvalue weighted by Gasteiger charge is -2.39. The molecule has 6 heteroatoms. The highest BCUT2D eigenvalue weighted by Gasteiger charge is 2.34. The summed E-state index contributed by atoms with van der Waals surface area (Å²) in [5.74, 6) is 0.681. The predicted molar refractivity (Wildman–Crippen MR) is 66.9 cm³/mol. The van der Waals surface area contributed by atoms with Gasteiger partial charge in [0.1, 0.15) is 0 Å². The van der Waals surface area contributed by atoms with E-state index in [9.17, 15) is 4.79 Å². The summed E-state index contributed by atoms with van der Waals surface area (Å²) in [6, 6.07) is 1.75. The maximum atomic E-state index is 12.2.